The highest BCUT2D eigenvalue weighted by Gasteiger charge is 2.44. The Morgan fingerprint density at radius 1 is 1.03 bits per heavy atom. The molecule has 4 rings (SSSR count). The first-order valence-electron chi connectivity index (χ1n) is 10.1. The third-order valence-corrected chi connectivity index (χ3v) is 6.95. The largest absolute Gasteiger partial charge is 0.495 e. The van der Waals surface area contributed by atoms with Crippen LogP contribution in [0, 0.1) is 0 Å². The molecule has 7 nitrogen and oxygen atoms in total. The Hall–Kier alpha value is -3.23. The molecule has 0 radical (unpaired) electrons. The molecule has 33 heavy (non-hydrogen) atoms. The Morgan fingerprint density at radius 2 is 1.73 bits per heavy atom. The number of ether oxygens (including phenoxy) is 3. The summed E-state index contributed by atoms with van der Waals surface area (Å²) in [6, 6.07) is 11.7. The molecule has 0 bridgehead atoms. The van der Waals surface area contributed by atoms with Crippen molar-refractivity contribution < 1.29 is 23.8 Å². The zero-order valence-electron chi connectivity index (χ0n) is 18.5. The van der Waals surface area contributed by atoms with Crippen LogP contribution in [0.1, 0.15) is 32.8 Å². The van der Waals surface area contributed by atoms with Crippen molar-refractivity contribution in [1.82, 2.24) is 4.90 Å². The van der Waals surface area contributed by atoms with E-state index in [0.29, 0.717) is 39.1 Å². The third-order valence-electron chi connectivity index (χ3n) is 5.71. The molecular formula is C24H23ClN2O5S. The van der Waals surface area contributed by atoms with E-state index in [1.807, 2.05) is 17.5 Å². The number of amides is 2. The van der Waals surface area contributed by atoms with E-state index in [2.05, 4.69) is 5.32 Å². The maximum atomic E-state index is 13.7. The molecule has 172 valence electrons. The summed E-state index contributed by atoms with van der Waals surface area (Å²) in [7, 11) is 6.26. The molecule has 1 N–H and O–H groups in total. The van der Waals surface area contributed by atoms with Gasteiger partial charge in [-0.2, -0.15) is 0 Å². The van der Waals surface area contributed by atoms with Crippen LogP contribution in [0.15, 0.2) is 47.8 Å². The van der Waals surface area contributed by atoms with Crippen LogP contribution < -0.4 is 19.5 Å². The van der Waals surface area contributed by atoms with Crippen LogP contribution in [0.4, 0.5) is 5.69 Å². The molecule has 0 aliphatic carbocycles. The van der Waals surface area contributed by atoms with Gasteiger partial charge in [0.15, 0.2) is 11.5 Å². The molecule has 0 spiro atoms. The molecule has 0 saturated heterocycles. The number of fused-ring (bicyclic) bond motifs is 1. The first-order valence-corrected chi connectivity index (χ1v) is 11.4. The second-order valence-electron chi connectivity index (χ2n) is 7.49. The first kappa shape index (κ1) is 22.9. The van der Waals surface area contributed by atoms with E-state index >= 15 is 0 Å². The summed E-state index contributed by atoms with van der Waals surface area (Å²) in [5, 5.41) is 5.26. The lowest BCUT2D eigenvalue weighted by atomic mass is 9.81. The number of rotatable bonds is 6. The number of carbonyl (C=O) groups excluding carboxylic acids is 2. The highest BCUT2D eigenvalue weighted by molar-refractivity contribution is 7.10. The number of thiophene rings is 1. The lowest BCUT2D eigenvalue weighted by Crippen LogP contribution is -2.43. The maximum Gasteiger partial charge on any atom is 0.254 e. The Balaban J connectivity index is 1.83. The van der Waals surface area contributed by atoms with Gasteiger partial charge < -0.3 is 24.4 Å². The van der Waals surface area contributed by atoms with Crippen LogP contribution in [-0.4, -0.2) is 45.1 Å². The van der Waals surface area contributed by atoms with E-state index in [4.69, 9.17) is 25.8 Å². The molecule has 1 aliphatic rings. The summed E-state index contributed by atoms with van der Waals surface area (Å²) in [5.41, 5.74) is 1.50. The quantitative estimate of drug-likeness (QED) is 0.532. The van der Waals surface area contributed by atoms with Gasteiger partial charge in [-0.05, 0) is 47.3 Å². The number of anilines is 1. The molecule has 0 fully saturated rings. The molecule has 2 atom stereocenters. The van der Waals surface area contributed by atoms with Crippen LogP contribution >= 0.6 is 22.9 Å². The van der Waals surface area contributed by atoms with Gasteiger partial charge in [0.2, 0.25) is 5.91 Å². The maximum absolute atomic E-state index is 13.7. The van der Waals surface area contributed by atoms with Crippen molar-refractivity contribution in [3.05, 3.63) is 68.9 Å². The van der Waals surface area contributed by atoms with Gasteiger partial charge in [0.1, 0.15) is 5.75 Å². The van der Waals surface area contributed by atoms with E-state index in [0.717, 1.165) is 4.88 Å². The predicted molar refractivity (Wildman–Crippen MR) is 128 cm³/mol. The topological polar surface area (TPSA) is 77.1 Å². The van der Waals surface area contributed by atoms with E-state index in [1.54, 1.807) is 42.3 Å². The summed E-state index contributed by atoms with van der Waals surface area (Å²) in [6.07, 6.45) is 0. The van der Waals surface area contributed by atoms with Gasteiger partial charge in [-0.15, -0.1) is 11.3 Å². The van der Waals surface area contributed by atoms with Crippen molar-refractivity contribution in [2.75, 3.05) is 33.7 Å². The van der Waals surface area contributed by atoms with Gasteiger partial charge in [-0.1, -0.05) is 17.7 Å². The molecule has 0 saturated carbocycles. The molecular weight excluding hydrogens is 464 g/mol. The van der Waals surface area contributed by atoms with Crippen molar-refractivity contribution in [2.24, 2.45) is 0 Å². The summed E-state index contributed by atoms with van der Waals surface area (Å²) < 4.78 is 16.1. The van der Waals surface area contributed by atoms with Gasteiger partial charge in [-0.25, -0.2) is 0 Å². The molecule has 2 heterocycles. The number of halogens is 1. The number of hydrogen-bond acceptors (Lipinski definition) is 6. The Morgan fingerprint density at radius 3 is 2.33 bits per heavy atom. The average molecular weight is 487 g/mol. The Labute approximate surface area is 200 Å². The number of methoxy groups -OCH3 is 3. The first-order chi connectivity index (χ1) is 15.9. The van der Waals surface area contributed by atoms with Crippen molar-refractivity contribution in [1.29, 1.82) is 0 Å². The molecule has 0 unspecified atom stereocenters. The van der Waals surface area contributed by atoms with Crippen molar-refractivity contribution >= 4 is 40.4 Å². The summed E-state index contributed by atoms with van der Waals surface area (Å²) >= 11 is 7.74. The number of benzene rings is 2. The average Bonchev–Trinajstić information content (AvgIpc) is 3.34. The van der Waals surface area contributed by atoms with Crippen LogP contribution in [0.2, 0.25) is 5.02 Å². The minimum Gasteiger partial charge on any atom is -0.495 e. The summed E-state index contributed by atoms with van der Waals surface area (Å²) in [5.74, 6) is 0.221. The third kappa shape index (κ3) is 4.12. The van der Waals surface area contributed by atoms with Crippen molar-refractivity contribution in [3.63, 3.8) is 0 Å². The molecule has 2 amide bonds. The minimum atomic E-state index is -0.693. The summed E-state index contributed by atoms with van der Waals surface area (Å²) in [4.78, 5) is 29.5. The highest BCUT2D eigenvalue weighted by atomic mass is 35.5. The van der Waals surface area contributed by atoms with E-state index in [-0.39, 0.29) is 11.8 Å². The van der Waals surface area contributed by atoms with Crippen LogP contribution in [-0.2, 0) is 4.79 Å². The summed E-state index contributed by atoms with van der Waals surface area (Å²) in [6.45, 7) is 0. The van der Waals surface area contributed by atoms with Gasteiger partial charge >= 0.3 is 0 Å². The van der Waals surface area contributed by atoms with Gasteiger partial charge in [0.25, 0.3) is 5.91 Å². The fourth-order valence-electron chi connectivity index (χ4n) is 4.11. The van der Waals surface area contributed by atoms with Gasteiger partial charge in [0.05, 0.1) is 38.3 Å². The molecule has 9 heteroatoms. The van der Waals surface area contributed by atoms with E-state index in [1.165, 1.54) is 32.7 Å². The fraction of sp³-hybridized carbons (Fsp3) is 0.250. The molecule has 1 aromatic heterocycles. The highest BCUT2D eigenvalue weighted by Crippen LogP contribution is 2.47. The number of hydrogen-bond donors (Lipinski definition) is 1. The Kier molecular flexibility index (Phi) is 6.49. The van der Waals surface area contributed by atoms with Crippen molar-refractivity contribution in [3.8, 4) is 17.2 Å². The lowest BCUT2D eigenvalue weighted by molar-refractivity contribution is -0.119. The molecule has 3 aromatic rings. The number of carbonyl (C=O) groups is 2. The molecule has 1 aliphatic heterocycles. The smallest absolute Gasteiger partial charge is 0.254 e. The van der Waals surface area contributed by atoms with E-state index in [9.17, 15) is 9.59 Å². The minimum absolute atomic E-state index is 0.194. The van der Waals surface area contributed by atoms with Gasteiger partial charge in [0, 0.05) is 23.2 Å². The zero-order chi connectivity index (χ0) is 23.7. The Bertz CT molecular complexity index is 1200. The second kappa shape index (κ2) is 9.33. The van der Waals surface area contributed by atoms with E-state index < -0.39 is 12.0 Å². The van der Waals surface area contributed by atoms with Crippen molar-refractivity contribution in [2.45, 2.75) is 12.0 Å². The van der Waals surface area contributed by atoms with Crippen LogP contribution in [0.25, 0.3) is 0 Å². The van der Waals surface area contributed by atoms with Crippen LogP contribution in [0.3, 0.4) is 0 Å². The normalized spacial score (nSPS) is 17.4. The lowest BCUT2D eigenvalue weighted by Gasteiger charge is -2.39. The van der Waals surface area contributed by atoms with Gasteiger partial charge in [-0.3, -0.25) is 9.59 Å². The van der Waals surface area contributed by atoms with Crippen LogP contribution in [0.5, 0.6) is 17.2 Å². The molecule has 2 aromatic carbocycles. The monoisotopic (exact) mass is 486 g/mol. The SMILES string of the molecule is COc1ccc(NC(=O)[C@H]2c3cc(OC)c(OC)cc3C(=O)N(C)[C@H]2c2cccs2)cc1Cl. The fourth-order valence-corrected chi connectivity index (χ4v) is 5.27. The number of nitrogens with one attached hydrogen (secondary N) is 1. The zero-order valence-corrected chi connectivity index (χ0v) is 20.1. The predicted octanol–water partition coefficient (Wildman–Crippen LogP) is 4.98. The standard InChI is InChI=1S/C24H23ClN2O5S/c1-27-22(20-6-5-9-33-20)21(23(28)26-13-7-8-17(30-2)16(25)10-13)14-11-18(31-3)19(32-4)12-15(14)24(27)29/h5-12,21-22H,1-4H3,(H,26,28)/t21-,22-/m0/s1. The second-order valence-corrected chi connectivity index (χ2v) is 8.87. The number of likely N-dealkylation sites (N-methyl/N-ethyl adjacent to an activating group) is 1. The number of nitrogens with zero attached hydrogens (tertiary/aromatic N) is 1.